The average molecular weight is 317 g/mol. The summed E-state index contributed by atoms with van der Waals surface area (Å²) >= 11 is 1.32. The van der Waals surface area contributed by atoms with Gasteiger partial charge in [-0.25, -0.2) is 0 Å². The molecule has 1 aliphatic heterocycles. The Balaban J connectivity index is 1.54. The Hall–Kier alpha value is -1.82. The molecule has 1 aromatic carbocycles. The van der Waals surface area contributed by atoms with Crippen molar-refractivity contribution in [2.24, 2.45) is 5.92 Å². The fourth-order valence-corrected chi connectivity index (χ4v) is 3.52. The Bertz CT molecular complexity index is 698. The zero-order valence-corrected chi connectivity index (χ0v) is 13.4. The topological polar surface area (TPSA) is 66.1 Å². The smallest absolute Gasteiger partial charge is 0.222 e. The van der Waals surface area contributed by atoms with Crippen LogP contribution >= 0.6 is 11.8 Å². The molecule has 1 saturated heterocycles. The normalized spacial score (nSPS) is 18.3. The molecule has 2 aromatic rings. The molecular formula is C16H19N3O2S. The molecule has 1 atom stereocenters. The molecule has 0 radical (unpaired) electrons. The van der Waals surface area contributed by atoms with Gasteiger partial charge in [-0.05, 0) is 30.0 Å². The van der Waals surface area contributed by atoms with E-state index in [9.17, 15) is 9.59 Å². The highest BCUT2D eigenvalue weighted by Crippen LogP contribution is 2.23. The molecule has 0 saturated carbocycles. The van der Waals surface area contributed by atoms with E-state index in [0.29, 0.717) is 12.3 Å². The minimum absolute atomic E-state index is 0.124. The Morgan fingerprint density at radius 2 is 2.36 bits per heavy atom. The predicted octanol–water partition coefficient (Wildman–Crippen LogP) is 2.23. The minimum Gasteiger partial charge on any atom is -0.342 e. The molecule has 1 aromatic heterocycles. The quantitative estimate of drug-likeness (QED) is 0.918. The summed E-state index contributed by atoms with van der Waals surface area (Å²) in [5.74, 6) is 1.26. The predicted molar refractivity (Wildman–Crippen MR) is 87.6 cm³/mol. The summed E-state index contributed by atoms with van der Waals surface area (Å²) in [6.45, 7) is 3.09. The summed E-state index contributed by atoms with van der Waals surface area (Å²) in [5.41, 5.74) is 2.24. The highest BCUT2D eigenvalue weighted by atomic mass is 32.2. The highest BCUT2D eigenvalue weighted by molar-refractivity contribution is 8.13. The van der Waals surface area contributed by atoms with Crippen LogP contribution in [0.5, 0.6) is 0 Å². The van der Waals surface area contributed by atoms with Crippen LogP contribution in [-0.4, -0.2) is 45.0 Å². The van der Waals surface area contributed by atoms with Crippen molar-refractivity contribution >= 4 is 33.7 Å². The fraction of sp³-hybridized carbons (Fsp3) is 0.438. The van der Waals surface area contributed by atoms with Gasteiger partial charge >= 0.3 is 0 Å². The van der Waals surface area contributed by atoms with Crippen molar-refractivity contribution in [3.05, 3.63) is 30.0 Å². The second-order valence-electron chi connectivity index (χ2n) is 5.75. The van der Waals surface area contributed by atoms with Crippen molar-refractivity contribution in [1.82, 2.24) is 15.1 Å². The molecule has 116 valence electrons. The molecule has 1 unspecified atom stereocenters. The third-order valence-corrected chi connectivity index (χ3v) is 5.04. The monoisotopic (exact) mass is 317 g/mol. The van der Waals surface area contributed by atoms with E-state index < -0.39 is 0 Å². The summed E-state index contributed by atoms with van der Waals surface area (Å²) in [5, 5.41) is 8.18. The van der Waals surface area contributed by atoms with Crippen LogP contribution in [0.25, 0.3) is 10.9 Å². The lowest BCUT2D eigenvalue weighted by Gasteiger charge is -2.16. The molecule has 1 amide bonds. The van der Waals surface area contributed by atoms with E-state index in [1.54, 1.807) is 6.92 Å². The molecule has 6 heteroatoms. The number of carbonyl (C=O) groups is 2. The first-order valence-electron chi connectivity index (χ1n) is 7.45. The number of nitrogens with one attached hydrogen (secondary N) is 1. The number of aromatic amines is 1. The number of rotatable bonds is 5. The van der Waals surface area contributed by atoms with E-state index >= 15 is 0 Å². The lowest BCUT2D eigenvalue weighted by Crippen LogP contribution is -2.27. The van der Waals surface area contributed by atoms with Gasteiger partial charge in [-0.2, -0.15) is 5.10 Å². The largest absolute Gasteiger partial charge is 0.342 e. The fourth-order valence-electron chi connectivity index (χ4n) is 2.83. The van der Waals surface area contributed by atoms with Crippen LogP contribution in [0.15, 0.2) is 24.4 Å². The van der Waals surface area contributed by atoms with E-state index in [0.717, 1.165) is 36.2 Å². The van der Waals surface area contributed by atoms with Gasteiger partial charge in [0.25, 0.3) is 0 Å². The Kier molecular flexibility index (Phi) is 4.47. The van der Waals surface area contributed by atoms with Crippen molar-refractivity contribution in [2.45, 2.75) is 19.8 Å². The van der Waals surface area contributed by atoms with Crippen molar-refractivity contribution in [2.75, 3.05) is 18.8 Å². The number of nitrogens with zero attached hydrogens (tertiary/aromatic N) is 2. The summed E-state index contributed by atoms with van der Waals surface area (Å²) < 4.78 is 0. The van der Waals surface area contributed by atoms with Gasteiger partial charge in [0.2, 0.25) is 5.91 Å². The van der Waals surface area contributed by atoms with Gasteiger partial charge in [-0.15, -0.1) is 0 Å². The van der Waals surface area contributed by atoms with Crippen LogP contribution in [0.3, 0.4) is 0 Å². The molecule has 1 aliphatic rings. The lowest BCUT2D eigenvalue weighted by atomic mass is 10.1. The summed E-state index contributed by atoms with van der Waals surface area (Å²) in [6, 6.07) is 6.21. The molecule has 1 N–H and O–H groups in total. The van der Waals surface area contributed by atoms with E-state index in [-0.39, 0.29) is 11.0 Å². The maximum atomic E-state index is 12.0. The van der Waals surface area contributed by atoms with E-state index in [4.69, 9.17) is 0 Å². The van der Waals surface area contributed by atoms with Crippen molar-refractivity contribution in [3.63, 3.8) is 0 Å². The zero-order chi connectivity index (χ0) is 15.5. The van der Waals surface area contributed by atoms with Gasteiger partial charge in [0.1, 0.15) is 0 Å². The molecule has 0 spiro atoms. The maximum absolute atomic E-state index is 12.0. The highest BCUT2D eigenvalue weighted by Gasteiger charge is 2.29. The van der Waals surface area contributed by atoms with Gasteiger partial charge in [-0.3, -0.25) is 14.7 Å². The van der Waals surface area contributed by atoms with Gasteiger partial charge in [-0.1, -0.05) is 17.8 Å². The molecular weight excluding hydrogens is 298 g/mol. The molecule has 1 fully saturated rings. The van der Waals surface area contributed by atoms with Gasteiger partial charge < -0.3 is 4.90 Å². The van der Waals surface area contributed by atoms with Gasteiger partial charge in [0, 0.05) is 37.6 Å². The first-order valence-corrected chi connectivity index (χ1v) is 8.43. The SMILES string of the molecule is CC(=O)SCC1CC(=O)N(CCc2ccc3[nH]ncc3c2)C1. The number of hydrogen-bond acceptors (Lipinski definition) is 4. The van der Waals surface area contributed by atoms with Crippen LogP contribution in [0, 0.1) is 5.92 Å². The molecule has 5 nitrogen and oxygen atoms in total. The molecule has 22 heavy (non-hydrogen) atoms. The number of aromatic nitrogens is 2. The first-order chi connectivity index (χ1) is 10.6. The van der Waals surface area contributed by atoms with Gasteiger partial charge in [0.05, 0.1) is 11.7 Å². The van der Waals surface area contributed by atoms with Crippen LogP contribution in [0.1, 0.15) is 18.9 Å². The number of thioether (sulfide) groups is 1. The van der Waals surface area contributed by atoms with Crippen molar-refractivity contribution in [3.8, 4) is 0 Å². The number of likely N-dealkylation sites (tertiary alicyclic amines) is 1. The van der Waals surface area contributed by atoms with Crippen molar-refractivity contribution in [1.29, 1.82) is 0 Å². The number of benzene rings is 1. The summed E-state index contributed by atoms with van der Waals surface area (Å²) in [4.78, 5) is 25.0. The third kappa shape index (κ3) is 3.50. The maximum Gasteiger partial charge on any atom is 0.222 e. The van der Waals surface area contributed by atoms with E-state index in [2.05, 4.69) is 22.3 Å². The van der Waals surface area contributed by atoms with Crippen LogP contribution in [0.4, 0.5) is 0 Å². The number of fused-ring (bicyclic) bond motifs is 1. The summed E-state index contributed by atoms with van der Waals surface area (Å²) in [7, 11) is 0. The van der Waals surface area contributed by atoms with Crippen LogP contribution in [0.2, 0.25) is 0 Å². The van der Waals surface area contributed by atoms with Crippen LogP contribution < -0.4 is 0 Å². The number of H-pyrrole nitrogens is 1. The van der Waals surface area contributed by atoms with E-state index in [1.165, 1.54) is 17.3 Å². The first kappa shape index (κ1) is 15.1. The number of carbonyl (C=O) groups excluding carboxylic acids is 2. The second-order valence-corrected chi connectivity index (χ2v) is 6.95. The Labute approximate surface area is 133 Å². The third-order valence-electron chi connectivity index (χ3n) is 3.99. The second kappa shape index (κ2) is 6.52. The minimum atomic E-state index is 0.124. The lowest BCUT2D eigenvalue weighted by molar-refractivity contribution is -0.127. The van der Waals surface area contributed by atoms with Crippen molar-refractivity contribution < 1.29 is 9.59 Å². The molecule has 3 rings (SSSR count). The standard InChI is InChI=1S/C16H19N3O2S/c1-11(20)22-10-13-7-16(21)19(9-13)5-4-12-2-3-15-14(6-12)8-17-18-15/h2-3,6,8,13H,4-5,7,9-10H2,1H3,(H,17,18). The zero-order valence-electron chi connectivity index (χ0n) is 12.5. The van der Waals surface area contributed by atoms with E-state index in [1.807, 2.05) is 17.2 Å². The number of amides is 1. The van der Waals surface area contributed by atoms with Gasteiger partial charge in [0.15, 0.2) is 5.12 Å². The molecule has 2 heterocycles. The molecule has 0 bridgehead atoms. The Morgan fingerprint density at radius 1 is 1.50 bits per heavy atom. The Morgan fingerprint density at radius 3 is 3.18 bits per heavy atom. The molecule has 0 aliphatic carbocycles. The number of hydrogen-bond donors (Lipinski definition) is 1. The van der Waals surface area contributed by atoms with Crippen LogP contribution in [-0.2, 0) is 16.0 Å². The summed E-state index contributed by atoms with van der Waals surface area (Å²) in [6.07, 6.45) is 3.23. The average Bonchev–Trinajstić information content (AvgIpc) is 3.08.